The maximum absolute atomic E-state index is 12.8. The van der Waals surface area contributed by atoms with E-state index >= 15 is 0 Å². The maximum Gasteiger partial charge on any atom is 0.260 e. The summed E-state index contributed by atoms with van der Waals surface area (Å²) >= 11 is 0. The number of amides is 1. The minimum atomic E-state index is -3.22. The minimum absolute atomic E-state index is 0.0641. The highest BCUT2D eigenvalue weighted by atomic mass is 32.2. The van der Waals surface area contributed by atoms with E-state index in [9.17, 15) is 17.6 Å². The van der Waals surface area contributed by atoms with Gasteiger partial charge < -0.3 is 9.64 Å². The average molecular weight is 344 g/mol. The van der Waals surface area contributed by atoms with Crippen LogP contribution in [0.2, 0.25) is 0 Å². The van der Waals surface area contributed by atoms with Crippen molar-refractivity contribution in [2.45, 2.75) is 13.3 Å². The molecule has 1 aromatic carbocycles. The number of hydrogen-bond acceptors (Lipinski definition) is 4. The molecule has 0 aliphatic carbocycles. The van der Waals surface area contributed by atoms with Gasteiger partial charge in [0.25, 0.3) is 5.91 Å². The van der Waals surface area contributed by atoms with E-state index in [-0.39, 0.29) is 24.1 Å². The number of sulfonamides is 1. The molecule has 8 heteroatoms. The zero-order chi connectivity index (χ0) is 16.9. The highest BCUT2D eigenvalue weighted by Crippen LogP contribution is 2.12. The third-order valence-electron chi connectivity index (χ3n) is 3.74. The number of nitrogens with zero attached hydrogens (tertiary/aromatic N) is 2. The monoisotopic (exact) mass is 344 g/mol. The van der Waals surface area contributed by atoms with Crippen LogP contribution in [-0.2, 0) is 14.8 Å². The van der Waals surface area contributed by atoms with E-state index < -0.39 is 10.0 Å². The molecule has 1 aliphatic rings. The molecule has 128 valence electrons. The van der Waals surface area contributed by atoms with Crippen molar-refractivity contribution in [3.05, 3.63) is 30.1 Å². The van der Waals surface area contributed by atoms with Gasteiger partial charge in [-0.3, -0.25) is 4.79 Å². The molecule has 0 spiro atoms. The molecule has 1 heterocycles. The maximum atomic E-state index is 12.8. The van der Waals surface area contributed by atoms with Gasteiger partial charge in [0.2, 0.25) is 10.0 Å². The Kier molecular flexibility index (Phi) is 5.95. The van der Waals surface area contributed by atoms with Gasteiger partial charge in [0.05, 0.1) is 5.75 Å². The van der Waals surface area contributed by atoms with Crippen molar-refractivity contribution in [2.24, 2.45) is 0 Å². The van der Waals surface area contributed by atoms with Crippen molar-refractivity contribution < 1.29 is 22.3 Å². The summed E-state index contributed by atoms with van der Waals surface area (Å²) in [5.74, 6) is -0.0857. The van der Waals surface area contributed by atoms with Crippen LogP contribution >= 0.6 is 0 Å². The molecule has 0 unspecified atom stereocenters. The summed E-state index contributed by atoms with van der Waals surface area (Å²) in [5.41, 5.74) is 0. The van der Waals surface area contributed by atoms with Crippen LogP contribution in [-0.4, -0.2) is 62.1 Å². The SMILES string of the molecule is CCS(=O)(=O)N1CCCN(C(=O)COc2ccc(F)cc2)CC1. The summed E-state index contributed by atoms with van der Waals surface area (Å²) in [7, 11) is -3.22. The van der Waals surface area contributed by atoms with Crippen molar-refractivity contribution in [1.82, 2.24) is 9.21 Å². The van der Waals surface area contributed by atoms with E-state index in [0.29, 0.717) is 38.3 Å². The van der Waals surface area contributed by atoms with Crippen molar-refractivity contribution in [3.63, 3.8) is 0 Å². The second-order valence-electron chi connectivity index (χ2n) is 5.28. The molecule has 2 rings (SSSR count). The zero-order valence-corrected chi connectivity index (χ0v) is 13.9. The van der Waals surface area contributed by atoms with Gasteiger partial charge in [-0.15, -0.1) is 0 Å². The highest BCUT2D eigenvalue weighted by molar-refractivity contribution is 7.89. The number of carbonyl (C=O) groups is 1. The fourth-order valence-corrected chi connectivity index (χ4v) is 3.50. The van der Waals surface area contributed by atoms with Gasteiger partial charge in [-0.25, -0.2) is 17.1 Å². The van der Waals surface area contributed by atoms with E-state index in [2.05, 4.69) is 0 Å². The summed E-state index contributed by atoms with van der Waals surface area (Å²) in [4.78, 5) is 13.8. The Labute approximate surface area is 135 Å². The normalized spacial score (nSPS) is 16.9. The van der Waals surface area contributed by atoms with Crippen molar-refractivity contribution >= 4 is 15.9 Å². The van der Waals surface area contributed by atoms with Crippen LogP contribution < -0.4 is 4.74 Å². The molecule has 6 nitrogen and oxygen atoms in total. The molecule has 0 radical (unpaired) electrons. The number of halogens is 1. The zero-order valence-electron chi connectivity index (χ0n) is 13.1. The number of ether oxygens (including phenoxy) is 1. The second-order valence-corrected chi connectivity index (χ2v) is 7.53. The molecular formula is C15H21FN2O4S. The van der Waals surface area contributed by atoms with Crippen molar-refractivity contribution in [2.75, 3.05) is 38.5 Å². The lowest BCUT2D eigenvalue weighted by Crippen LogP contribution is -2.39. The third-order valence-corrected chi connectivity index (χ3v) is 5.62. The van der Waals surface area contributed by atoms with Gasteiger partial charge in [0.15, 0.2) is 6.61 Å². The first-order valence-corrected chi connectivity index (χ1v) is 9.17. The standard InChI is InChI=1S/C15H21FN2O4S/c1-2-23(20,21)18-9-3-8-17(10-11-18)15(19)12-22-14-6-4-13(16)5-7-14/h4-7H,2-3,8-12H2,1H3. The van der Waals surface area contributed by atoms with Gasteiger partial charge >= 0.3 is 0 Å². The predicted octanol–water partition coefficient (Wildman–Crippen LogP) is 1.09. The Balaban J connectivity index is 1.87. The molecule has 1 fully saturated rings. The largest absolute Gasteiger partial charge is 0.484 e. The first-order chi connectivity index (χ1) is 10.9. The molecule has 0 aromatic heterocycles. The quantitative estimate of drug-likeness (QED) is 0.802. The third kappa shape index (κ3) is 4.90. The minimum Gasteiger partial charge on any atom is -0.484 e. The second kappa shape index (κ2) is 7.74. The molecule has 0 N–H and O–H groups in total. The van der Waals surface area contributed by atoms with E-state index in [0.717, 1.165) is 0 Å². The van der Waals surface area contributed by atoms with E-state index in [1.54, 1.807) is 11.8 Å². The van der Waals surface area contributed by atoms with Crippen molar-refractivity contribution in [3.8, 4) is 5.75 Å². The molecule has 1 amide bonds. The van der Waals surface area contributed by atoms with Crippen LogP contribution in [0.25, 0.3) is 0 Å². The van der Waals surface area contributed by atoms with Crippen LogP contribution in [0, 0.1) is 5.82 Å². The number of carbonyl (C=O) groups excluding carboxylic acids is 1. The van der Waals surface area contributed by atoms with Gasteiger partial charge in [0.1, 0.15) is 11.6 Å². The number of hydrogen-bond donors (Lipinski definition) is 0. The summed E-state index contributed by atoms with van der Waals surface area (Å²) in [5, 5.41) is 0. The Hall–Kier alpha value is -1.67. The molecule has 1 aromatic rings. The Morgan fingerprint density at radius 2 is 1.87 bits per heavy atom. The first-order valence-electron chi connectivity index (χ1n) is 7.56. The fourth-order valence-electron chi connectivity index (χ4n) is 2.37. The molecule has 0 saturated carbocycles. The van der Waals surface area contributed by atoms with Crippen LogP contribution in [0.5, 0.6) is 5.75 Å². The molecule has 1 aliphatic heterocycles. The van der Waals surface area contributed by atoms with Crippen LogP contribution in [0.15, 0.2) is 24.3 Å². The van der Waals surface area contributed by atoms with Gasteiger partial charge in [-0.05, 0) is 37.6 Å². The van der Waals surface area contributed by atoms with Crippen LogP contribution in [0.3, 0.4) is 0 Å². The first kappa shape index (κ1) is 17.7. The lowest BCUT2D eigenvalue weighted by molar-refractivity contribution is -0.133. The topological polar surface area (TPSA) is 66.9 Å². The fraction of sp³-hybridized carbons (Fsp3) is 0.533. The summed E-state index contributed by atoms with van der Waals surface area (Å²) in [6.45, 7) is 3.05. The molecule has 23 heavy (non-hydrogen) atoms. The van der Waals surface area contributed by atoms with Gasteiger partial charge in [0, 0.05) is 26.2 Å². The van der Waals surface area contributed by atoms with Gasteiger partial charge in [-0.2, -0.15) is 0 Å². The molecule has 1 saturated heterocycles. The van der Waals surface area contributed by atoms with Crippen LogP contribution in [0.1, 0.15) is 13.3 Å². The molecule has 0 atom stereocenters. The summed E-state index contributed by atoms with van der Waals surface area (Å²) in [6.07, 6.45) is 0.599. The average Bonchev–Trinajstić information content (AvgIpc) is 2.80. The summed E-state index contributed by atoms with van der Waals surface area (Å²) in [6, 6.07) is 5.44. The predicted molar refractivity (Wildman–Crippen MR) is 84.1 cm³/mol. The van der Waals surface area contributed by atoms with E-state index in [1.165, 1.54) is 28.6 Å². The van der Waals surface area contributed by atoms with Crippen LogP contribution in [0.4, 0.5) is 4.39 Å². The highest BCUT2D eigenvalue weighted by Gasteiger charge is 2.25. The molecular weight excluding hydrogens is 323 g/mol. The Morgan fingerprint density at radius 1 is 1.17 bits per heavy atom. The smallest absolute Gasteiger partial charge is 0.260 e. The lowest BCUT2D eigenvalue weighted by atomic mass is 10.3. The van der Waals surface area contributed by atoms with E-state index in [1.807, 2.05) is 0 Å². The molecule has 0 bridgehead atoms. The number of rotatable bonds is 5. The summed E-state index contributed by atoms with van der Waals surface area (Å²) < 4.78 is 43.4. The Morgan fingerprint density at radius 3 is 2.52 bits per heavy atom. The lowest BCUT2D eigenvalue weighted by Gasteiger charge is -2.21. The number of benzene rings is 1. The van der Waals surface area contributed by atoms with E-state index in [4.69, 9.17) is 4.74 Å². The van der Waals surface area contributed by atoms with Gasteiger partial charge in [-0.1, -0.05) is 0 Å². The van der Waals surface area contributed by atoms with Crippen molar-refractivity contribution in [1.29, 1.82) is 0 Å². The Bertz CT molecular complexity index is 633.